The van der Waals surface area contributed by atoms with E-state index in [1.807, 2.05) is 11.9 Å². The van der Waals surface area contributed by atoms with Crippen LogP contribution in [0.4, 0.5) is 0 Å². The van der Waals surface area contributed by atoms with Crippen molar-refractivity contribution in [1.29, 1.82) is 0 Å². The molecule has 1 aromatic heterocycles. The summed E-state index contributed by atoms with van der Waals surface area (Å²) in [5, 5.41) is 33.3. The molecule has 0 saturated heterocycles. The first-order valence-corrected chi connectivity index (χ1v) is 12.2. The van der Waals surface area contributed by atoms with Crippen LogP contribution in [0.15, 0.2) is 11.0 Å². The molecule has 1 rings (SSSR count). The first-order chi connectivity index (χ1) is 14.9. The van der Waals surface area contributed by atoms with Crippen LogP contribution in [-0.4, -0.2) is 69.1 Å². The SMILES string of the molecule is CCCCC(=O)NCCCCCCN(C)C(O)CCSc1cc(O)n(CCC=O)c1O. The Morgan fingerprint density at radius 3 is 2.71 bits per heavy atom. The van der Waals surface area contributed by atoms with E-state index in [4.69, 9.17) is 0 Å². The van der Waals surface area contributed by atoms with Gasteiger partial charge in [-0.2, -0.15) is 0 Å². The zero-order valence-electron chi connectivity index (χ0n) is 18.9. The third-order valence-corrected chi connectivity index (χ3v) is 6.19. The van der Waals surface area contributed by atoms with Gasteiger partial charge in [-0.3, -0.25) is 14.3 Å². The molecule has 1 unspecified atom stereocenters. The molecule has 0 spiro atoms. The van der Waals surface area contributed by atoms with E-state index < -0.39 is 6.23 Å². The van der Waals surface area contributed by atoms with Crippen molar-refractivity contribution >= 4 is 24.0 Å². The molecule has 4 N–H and O–H groups in total. The Morgan fingerprint density at radius 1 is 1.26 bits per heavy atom. The fourth-order valence-corrected chi connectivity index (χ4v) is 4.12. The van der Waals surface area contributed by atoms with Crippen molar-refractivity contribution in [2.75, 3.05) is 25.9 Å². The zero-order valence-corrected chi connectivity index (χ0v) is 19.7. The highest BCUT2D eigenvalue weighted by Crippen LogP contribution is 2.35. The summed E-state index contributed by atoms with van der Waals surface area (Å²) >= 11 is 1.37. The lowest BCUT2D eigenvalue weighted by atomic mass is 10.2. The fourth-order valence-electron chi connectivity index (χ4n) is 3.15. The third-order valence-electron chi connectivity index (χ3n) is 5.14. The normalized spacial score (nSPS) is 12.3. The number of hydrogen-bond donors (Lipinski definition) is 4. The van der Waals surface area contributed by atoms with E-state index in [9.17, 15) is 24.9 Å². The van der Waals surface area contributed by atoms with Crippen molar-refractivity contribution in [2.24, 2.45) is 0 Å². The van der Waals surface area contributed by atoms with Crippen LogP contribution in [-0.2, 0) is 16.1 Å². The van der Waals surface area contributed by atoms with E-state index in [0.29, 0.717) is 23.5 Å². The first kappa shape index (κ1) is 27.3. The van der Waals surface area contributed by atoms with Crippen LogP contribution in [0.25, 0.3) is 0 Å². The Bertz CT molecular complexity index is 653. The van der Waals surface area contributed by atoms with E-state index >= 15 is 0 Å². The van der Waals surface area contributed by atoms with Gasteiger partial charge >= 0.3 is 0 Å². The molecular weight excluding hydrogens is 418 g/mol. The van der Waals surface area contributed by atoms with Gasteiger partial charge < -0.3 is 25.4 Å². The van der Waals surface area contributed by atoms with Crippen LogP contribution in [0.2, 0.25) is 0 Å². The molecule has 8 nitrogen and oxygen atoms in total. The van der Waals surface area contributed by atoms with E-state index in [0.717, 1.165) is 57.9 Å². The molecule has 1 atom stereocenters. The van der Waals surface area contributed by atoms with Crippen molar-refractivity contribution < 1.29 is 24.9 Å². The highest BCUT2D eigenvalue weighted by Gasteiger charge is 2.16. The second-order valence-corrected chi connectivity index (χ2v) is 8.90. The Hall–Kier alpha value is -1.71. The summed E-state index contributed by atoms with van der Waals surface area (Å²) < 4.78 is 1.30. The molecule has 9 heteroatoms. The number of thioether (sulfide) groups is 1. The number of nitrogens with one attached hydrogen (secondary N) is 1. The number of unbranched alkanes of at least 4 members (excludes halogenated alkanes) is 4. The fraction of sp³-hybridized carbons (Fsp3) is 0.727. The molecule has 178 valence electrons. The van der Waals surface area contributed by atoms with Crippen LogP contribution >= 0.6 is 11.8 Å². The molecule has 0 aromatic carbocycles. The number of aldehydes is 1. The number of carbonyl (C=O) groups is 2. The van der Waals surface area contributed by atoms with Crippen molar-refractivity contribution in [3.05, 3.63) is 6.07 Å². The van der Waals surface area contributed by atoms with Crippen LogP contribution in [0.5, 0.6) is 11.8 Å². The van der Waals surface area contributed by atoms with Crippen molar-refractivity contribution in [1.82, 2.24) is 14.8 Å². The van der Waals surface area contributed by atoms with Gasteiger partial charge in [-0.1, -0.05) is 26.2 Å². The maximum absolute atomic E-state index is 11.5. The number of aliphatic hydroxyl groups excluding tert-OH is 1. The second-order valence-electron chi connectivity index (χ2n) is 7.76. The molecule has 1 heterocycles. The van der Waals surface area contributed by atoms with E-state index in [1.165, 1.54) is 22.4 Å². The summed E-state index contributed by atoms with van der Waals surface area (Å²) in [7, 11) is 1.89. The minimum Gasteiger partial charge on any atom is -0.494 e. The van der Waals surface area contributed by atoms with Crippen LogP contribution in [0, 0.1) is 0 Å². The summed E-state index contributed by atoms with van der Waals surface area (Å²) in [6.45, 7) is 3.84. The molecule has 1 amide bonds. The maximum atomic E-state index is 11.5. The van der Waals surface area contributed by atoms with Gasteiger partial charge in [-0.15, -0.1) is 11.8 Å². The molecule has 0 bridgehead atoms. The quantitative estimate of drug-likeness (QED) is 0.116. The number of carbonyl (C=O) groups excluding carboxylic acids is 2. The largest absolute Gasteiger partial charge is 0.494 e. The Labute approximate surface area is 190 Å². The van der Waals surface area contributed by atoms with E-state index in [1.54, 1.807) is 0 Å². The lowest BCUT2D eigenvalue weighted by Crippen LogP contribution is -2.32. The topological polar surface area (TPSA) is 115 Å². The van der Waals surface area contributed by atoms with Gasteiger partial charge in [0.2, 0.25) is 11.8 Å². The number of amides is 1. The highest BCUT2D eigenvalue weighted by molar-refractivity contribution is 7.99. The van der Waals surface area contributed by atoms with Crippen LogP contribution < -0.4 is 5.32 Å². The standard InChI is InChI=1S/C22H39N3O5S/c1-3-4-10-19(27)23-12-7-5-6-8-13-24(2)20(28)11-16-31-18-17-21(29)25(22(18)30)14-9-15-26/h15,17,20,28-30H,3-14,16H2,1-2H3,(H,23,27). The molecule has 0 aliphatic heterocycles. The number of aromatic nitrogens is 1. The first-order valence-electron chi connectivity index (χ1n) is 11.2. The van der Waals surface area contributed by atoms with Crippen LogP contribution in [0.1, 0.15) is 64.7 Å². The minimum atomic E-state index is -0.571. The summed E-state index contributed by atoms with van der Waals surface area (Å²) in [4.78, 5) is 24.5. The van der Waals surface area contributed by atoms with Gasteiger partial charge in [0.25, 0.3) is 0 Å². The van der Waals surface area contributed by atoms with Crippen LogP contribution in [0.3, 0.4) is 0 Å². The number of nitrogens with zero attached hydrogens (tertiary/aromatic N) is 2. The average Bonchev–Trinajstić information content (AvgIpc) is 3.02. The zero-order chi connectivity index (χ0) is 23.1. The third kappa shape index (κ3) is 10.9. The highest BCUT2D eigenvalue weighted by atomic mass is 32.2. The lowest BCUT2D eigenvalue weighted by Gasteiger charge is -2.23. The summed E-state index contributed by atoms with van der Waals surface area (Å²) in [5.74, 6) is 0.617. The molecule has 0 radical (unpaired) electrons. The van der Waals surface area contributed by atoms with Gasteiger partial charge in [0.05, 0.1) is 4.90 Å². The molecule has 1 aromatic rings. The van der Waals surface area contributed by atoms with Crippen molar-refractivity contribution in [2.45, 2.75) is 82.4 Å². The molecule has 0 saturated carbocycles. The minimum absolute atomic E-state index is 0.0475. The molecule has 31 heavy (non-hydrogen) atoms. The van der Waals surface area contributed by atoms with E-state index in [-0.39, 0.29) is 30.6 Å². The van der Waals surface area contributed by atoms with Gasteiger partial charge in [-0.05, 0) is 32.7 Å². The Morgan fingerprint density at radius 2 is 2.00 bits per heavy atom. The van der Waals surface area contributed by atoms with E-state index in [2.05, 4.69) is 12.2 Å². The van der Waals surface area contributed by atoms with Gasteiger partial charge in [0.1, 0.15) is 12.5 Å². The smallest absolute Gasteiger partial charge is 0.219 e. The molecular formula is C22H39N3O5S. The summed E-state index contributed by atoms with van der Waals surface area (Å²) in [6.07, 6.45) is 7.58. The monoisotopic (exact) mass is 457 g/mol. The van der Waals surface area contributed by atoms with Gasteiger partial charge in [-0.25, -0.2) is 0 Å². The number of aromatic hydroxyl groups is 2. The Kier molecular flexibility index (Phi) is 14.1. The molecule has 0 aliphatic carbocycles. The number of hydrogen-bond acceptors (Lipinski definition) is 7. The molecule has 0 fully saturated rings. The molecule has 0 aliphatic rings. The number of rotatable bonds is 18. The van der Waals surface area contributed by atoms with Gasteiger partial charge in [0.15, 0.2) is 5.88 Å². The predicted octanol–water partition coefficient (Wildman–Crippen LogP) is 3.09. The average molecular weight is 458 g/mol. The van der Waals surface area contributed by atoms with Gasteiger partial charge in [0, 0.05) is 44.3 Å². The summed E-state index contributed by atoms with van der Waals surface area (Å²) in [6, 6.07) is 1.48. The second kappa shape index (κ2) is 16.0. The number of aliphatic hydroxyl groups is 1. The van der Waals surface area contributed by atoms with Crippen molar-refractivity contribution in [3.63, 3.8) is 0 Å². The van der Waals surface area contributed by atoms with Crippen molar-refractivity contribution in [3.8, 4) is 11.8 Å². The lowest BCUT2D eigenvalue weighted by molar-refractivity contribution is -0.121. The summed E-state index contributed by atoms with van der Waals surface area (Å²) in [5.41, 5.74) is 0. The predicted molar refractivity (Wildman–Crippen MR) is 123 cm³/mol. The Balaban J connectivity index is 2.15. The maximum Gasteiger partial charge on any atom is 0.219 e.